The van der Waals surface area contributed by atoms with Gasteiger partial charge in [0.2, 0.25) is 0 Å². The van der Waals surface area contributed by atoms with Gasteiger partial charge in [-0.05, 0) is 52.4 Å². The minimum absolute atomic E-state index is 0.865. The standard InChI is InChI=1S/C14H21BrN2/c1-11-4-2-3-5-13(11)9-16-7-12-6-14(15)10-17-8-12/h6,8,10-11,13,16H,2-5,7,9H2,1H3. The molecule has 0 amide bonds. The Balaban J connectivity index is 1.75. The normalized spacial score (nSPS) is 24.8. The molecular weight excluding hydrogens is 276 g/mol. The van der Waals surface area contributed by atoms with Crippen LogP contribution in [-0.2, 0) is 6.54 Å². The van der Waals surface area contributed by atoms with Gasteiger partial charge >= 0.3 is 0 Å². The maximum Gasteiger partial charge on any atom is 0.0410 e. The number of rotatable bonds is 4. The average Bonchev–Trinajstić information content (AvgIpc) is 2.32. The lowest BCUT2D eigenvalue weighted by molar-refractivity contribution is 0.247. The van der Waals surface area contributed by atoms with Crippen LogP contribution in [0.1, 0.15) is 38.2 Å². The summed E-state index contributed by atoms with van der Waals surface area (Å²) < 4.78 is 1.06. The van der Waals surface area contributed by atoms with E-state index in [1.165, 1.54) is 31.2 Å². The molecule has 0 spiro atoms. The van der Waals surface area contributed by atoms with E-state index < -0.39 is 0 Å². The molecule has 2 atom stereocenters. The lowest BCUT2D eigenvalue weighted by Crippen LogP contribution is -2.29. The molecule has 0 radical (unpaired) electrons. The molecule has 0 saturated heterocycles. The number of nitrogens with zero attached hydrogens (tertiary/aromatic N) is 1. The van der Waals surface area contributed by atoms with Gasteiger partial charge in [0.15, 0.2) is 0 Å². The Morgan fingerprint density at radius 1 is 1.35 bits per heavy atom. The first-order valence-electron chi connectivity index (χ1n) is 6.56. The summed E-state index contributed by atoms with van der Waals surface area (Å²) in [6.07, 6.45) is 9.40. The zero-order valence-corrected chi connectivity index (χ0v) is 12.0. The molecule has 2 unspecified atom stereocenters. The maximum atomic E-state index is 4.18. The number of halogens is 1. The molecule has 1 saturated carbocycles. The van der Waals surface area contributed by atoms with E-state index in [9.17, 15) is 0 Å². The van der Waals surface area contributed by atoms with E-state index in [2.05, 4.69) is 39.2 Å². The van der Waals surface area contributed by atoms with Gasteiger partial charge in [-0.2, -0.15) is 0 Å². The van der Waals surface area contributed by atoms with Gasteiger partial charge in [0.1, 0.15) is 0 Å². The molecule has 3 heteroatoms. The van der Waals surface area contributed by atoms with E-state index >= 15 is 0 Å². The summed E-state index contributed by atoms with van der Waals surface area (Å²) >= 11 is 3.45. The van der Waals surface area contributed by atoms with Crippen molar-refractivity contribution in [1.82, 2.24) is 10.3 Å². The van der Waals surface area contributed by atoms with Crippen molar-refractivity contribution in [1.29, 1.82) is 0 Å². The van der Waals surface area contributed by atoms with Crippen molar-refractivity contribution in [2.45, 2.75) is 39.2 Å². The van der Waals surface area contributed by atoms with Crippen LogP contribution in [0.3, 0.4) is 0 Å². The van der Waals surface area contributed by atoms with E-state index in [1.807, 2.05) is 12.4 Å². The van der Waals surface area contributed by atoms with Gasteiger partial charge < -0.3 is 5.32 Å². The number of hydrogen-bond donors (Lipinski definition) is 1. The minimum atomic E-state index is 0.865. The van der Waals surface area contributed by atoms with Gasteiger partial charge in [-0.15, -0.1) is 0 Å². The minimum Gasteiger partial charge on any atom is -0.312 e. The van der Waals surface area contributed by atoms with Crippen LogP contribution < -0.4 is 5.32 Å². The summed E-state index contributed by atoms with van der Waals surface area (Å²) in [4.78, 5) is 4.18. The number of aromatic nitrogens is 1. The molecule has 0 aliphatic heterocycles. The second kappa shape index (κ2) is 6.50. The fourth-order valence-electron chi connectivity index (χ4n) is 2.65. The van der Waals surface area contributed by atoms with Crippen molar-refractivity contribution in [2.75, 3.05) is 6.54 Å². The smallest absolute Gasteiger partial charge is 0.0410 e. The van der Waals surface area contributed by atoms with Crippen molar-refractivity contribution in [3.63, 3.8) is 0 Å². The fraction of sp³-hybridized carbons (Fsp3) is 0.643. The van der Waals surface area contributed by atoms with Crippen LogP contribution in [-0.4, -0.2) is 11.5 Å². The third-order valence-electron chi connectivity index (χ3n) is 3.79. The van der Waals surface area contributed by atoms with Crippen LogP contribution in [0.4, 0.5) is 0 Å². The quantitative estimate of drug-likeness (QED) is 0.915. The van der Waals surface area contributed by atoms with Crippen LogP contribution in [0.2, 0.25) is 0 Å². The fourth-order valence-corrected chi connectivity index (χ4v) is 3.06. The number of pyridine rings is 1. The second-order valence-corrected chi connectivity index (χ2v) is 6.08. The van der Waals surface area contributed by atoms with Crippen molar-refractivity contribution in [3.05, 3.63) is 28.5 Å². The van der Waals surface area contributed by atoms with Crippen LogP contribution in [0, 0.1) is 11.8 Å². The molecule has 1 aliphatic carbocycles. The van der Waals surface area contributed by atoms with Gasteiger partial charge in [-0.3, -0.25) is 4.98 Å². The highest BCUT2D eigenvalue weighted by atomic mass is 79.9. The van der Waals surface area contributed by atoms with Gasteiger partial charge in [0.05, 0.1) is 0 Å². The molecule has 1 aromatic rings. The Kier molecular flexibility index (Phi) is 4.99. The Bertz CT molecular complexity index is 354. The highest BCUT2D eigenvalue weighted by molar-refractivity contribution is 9.10. The summed E-state index contributed by atoms with van der Waals surface area (Å²) in [5.41, 5.74) is 1.25. The Labute approximate surface area is 112 Å². The number of nitrogens with one attached hydrogen (secondary N) is 1. The Morgan fingerprint density at radius 3 is 2.94 bits per heavy atom. The van der Waals surface area contributed by atoms with Crippen LogP contribution in [0.15, 0.2) is 22.9 Å². The van der Waals surface area contributed by atoms with Gasteiger partial charge in [-0.1, -0.05) is 26.2 Å². The summed E-state index contributed by atoms with van der Waals surface area (Å²) in [5, 5.41) is 3.57. The van der Waals surface area contributed by atoms with E-state index in [-0.39, 0.29) is 0 Å². The predicted molar refractivity (Wildman–Crippen MR) is 74.8 cm³/mol. The first-order chi connectivity index (χ1) is 8.25. The SMILES string of the molecule is CC1CCCCC1CNCc1cncc(Br)c1. The molecule has 17 heavy (non-hydrogen) atoms. The van der Waals surface area contributed by atoms with Crippen LogP contribution >= 0.6 is 15.9 Å². The lowest BCUT2D eigenvalue weighted by atomic mass is 9.80. The molecule has 1 fully saturated rings. The van der Waals surface area contributed by atoms with Crippen molar-refractivity contribution in [2.24, 2.45) is 11.8 Å². The van der Waals surface area contributed by atoms with E-state index in [4.69, 9.17) is 0 Å². The zero-order valence-electron chi connectivity index (χ0n) is 10.5. The second-order valence-electron chi connectivity index (χ2n) is 5.16. The van der Waals surface area contributed by atoms with Crippen molar-refractivity contribution in [3.8, 4) is 0 Å². The molecule has 0 aromatic carbocycles. The summed E-state index contributed by atoms with van der Waals surface area (Å²) in [7, 11) is 0. The topological polar surface area (TPSA) is 24.9 Å². The van der Waals surface area contributed by atoms with E-state index in [0.29, 0.717) is 0 Å². The summed E-state index contributed by atoms with van der Waals surface area (Å²) in [6, 6.07) is 2.13. The molecule has 1 aliphatic rings. The molecule has 94 valence electrons. The Hall–Kier alpha value is -0.410. The van der Waals surface area contributed by atoms with Gasteiger partial charge in [0.25, 0.3) is 0 Å². The number of hydrogen-bond acceptors (Lipinski definition) is 2. The molecule has 1 N–H and O–H groups in total. The maximum absolute atomic E-state index is 4.18. The lowest BCUT2D eigenvalue weighted by Gasteiger charge is -2.28. The largest absolute Gasteiger partial charge is 0.312 e. The van der Waals surface area contributed by atoms with E-state index in [1.54, 1.807) is 0 Å². The third-order valence-corrected chi connectivity index (χ3v) is 4.22. The van der Waals surface area contributed by atoms with Gasteiger partial charge in [-0.25, -0.2) is 0 Å². The van der Waals surface area contributed by atoms with Crippen LogP contribution in [0.5, 0.6) is 0 Å². The monoisotopic (exact) mass is 296 g/mol. The third kappa shape index (κ3) is 4.07. The van der Waals surface area contributed by atoms with Crippen molar-refractivity contribution >= 4 is 15.9 Å². The zero-order chi connectivity index (χ0) is 12.1. The Morgan fingerprint density at radius 2 is 2.18 bits per heavy atom. The van der Waals surface area contributed by atoms with Crippen LogP contribution in [0.25, 0.3) is 0 Å². The van der Waals surface area contributed by atoms with E-state index in [0.717, 1.165) is 29.4 Å². The first-order valence-corrected chi connectivity index (χ1v) is 7.35. The first kappa shape index (κ1) is 13.0. The van der Waals surface area contributed by atoms with Gasteiger partial charge in [0, 0.05) is 23.4 Å². The molecular formula is C14H21BrN2. The van der Waals surface area contributed by atoms with Crippen molar-refractivity contribution < 1.29 is 0 Å². The average molecular weight is 297 g/mol. The molecule has 2 nitrogen and oxygen atoms in total. The summed E-state index contributed by atoms with van der Waals surface area (Å²) in [5.74, 6) is 1.75. The highest BCUT2D eigenvalue weighted by Gasteiger charge is 2.20. The molecule has 0 bridgehead atoms. The highest BCUT2D eigenvalue weighted by Crippen LogP contribution is 2.28. The predicted octanol–water partition coefficient (Wildman–Crippen LogP) is 3.76. The summed E-state index contributed by atoms with van der Waals surface area (Å²) in [6.45, 7) is 4.47. The molecule has 1 aromatic heterocycles. The molecule has 2 rings (SSSR count). The molecule has 1 heterocycles.